The largest absolute Gasteiger partial charge is 0.392 e. The summed E-state index contributed by atoms with van der Waals surface area (Å²) < 4.78 is 133. The van der Waals surface area contributed by atoms with Crippen LogP contribution in [0.1, 0.15) is 134 Å². The van der Waals surface area contributed by atoms with Crippen LogP contribution in [0.25, 0.3) is 0 Å². The number of sulfonamides is 5. The normalized spacial score (nSPS) is 23.1. The summed E-state index contributed by atoms with van der Waals surface area (Å²) in [7, 11) is -17.8. The molecule has 15 rings (SSSR count). The number of fused-ring (bicyclic) bond motifs is 5. The second kappa shape index (κ2) is 27.6. The van der Waals surface area contributed by atoms with Gasteiger partial charge in [0, 0.05) is 117 Å². The van der Waals surface area contributed by atoms with Crippen LogP contribution in [0.2, 0.25) is 0 Å². The first-order valence-electron chi connectivity index (χ1n) is 30.5. The molecule has 0 radical (unpaired) electrons. The molecule has 0 aliphatic carbocycles. The minimum atomic E-state index is -3.80. The zero-order chi connectivity index (χ0) is 65.2. The van der Waals surface area contributed by atoms with Crippen LogP contribution in [0.15, 0.2) is 117 Å². The van der Waals surface area contributed by atoms with Crippen molar-refractivity contribution in [1.82, 2.24) is 46.4 Å². The van der Waals surface area contributed by atoms with Gasteiger partial charge in [-0.3, -0.25) is 54.7 Å². The van der Waals surface area contributed by atoms with Crippen molar-refractivity contribution in [2.45, 2.75) is 135 Å². The van der Waals surface area contributed by atoms with Crippen molar-refractivity contribution in [2.75, 3.05) is 45.8 Å². The molecule has 0 aromatic carbocycles. The Balaban J connectivity index is 0.000000118. The first-order valence-corrected chi connectivity index (χ1v) is 37.7. The predicted octanol–water partition coefficient (Wildman–Crippen LogP) is 2.83. The topological polar surface area (TPSA) is 376 Å². The molecule has 3 N–H and O–H groups in total. The van der Waals surface area contributed by atoms with Gasteiger partial charge in [-0.05, 0) is 132 Å². The molecule has 490 valence electrons. The third kappa shape index (κ3) is 13.4. The fourth-order valence-corrected chi connectivity index (χ4v) is 21.4. The van der Waals surface area contributed by atoms with Gasteiger partial charge in [-0.25, -0.2) is 42.1 Å². The lowest BCUT2D eigenvalue weighted by Crippen LogP contribution is -2.46. The van der Waals surface area contributed by atoms with Gasteiger partial charge >= 0.3 is 0 Å². The average Bonchev–Trinajstić information content (AvgIpc) is 1.64. The fourth-order valence-electron chi connectivity index (χ4n) is 12.6. The Morgan fingerprint density at radius 3 is 1.08 bits per heavy atom. The number of aliphatic imine (C=N–C) groups is 5. The number of aromatic nitrogens is 5. The first-order chi connectivity index (χ1) is 44.0. The highest BCUT2D eigenvalue weighted by molar-refractivity contribution is 8.06. The summed E-state index contributed by atoms with van der Waals surface area (Å²) in [5.41, 5.74) is 12.0. The molecule has 5 aromatic rings. The third-order valence-electron chi connectivity index (χ3n) is 17.2. The molecular formula is C59H72N16O12S5. The van der Waals surface area contributed by atoms with E-state index in [1.165, 1.54) is 8.61 Å². The van der Waals surface area contributed by atoms with E-state index in [1.807, 2.05) is 13.8 Å². The van der Waals surface area contributed by atoms with Gasteiger partial charge in [-0.15, -0.1) is 0 Å². The Kier molecular flexibility index (Phi) is 19.9. The summed E-state index contributed by atoms with van der Waals surface area (Å²) >= 11 is 0. The highest BCUT2D eigenvalue weighted by Gasteiger charge is 2.45. The molecule has 10 aliphatic rings. The number of β-amino-alcohol motifs (C(OH)–C–C–N with tert-alkyl or cyclic N) is 1. The molecule has 4 atom stereocenters. The number of carbonyl (C=O) groups excluding carboxylic acids is 1. The number of carbonyl (C=O) groups is 1. The molecule has 0 saturated carbocycles. The van der Waals surface area contributed by atoms with E-state index >= 15 is 0 Å². The Morgan fingerprint density at radius 2 is 0.739 bits per heavy atom. The summed E-state index contributed by atoms with van der Waals surface area (Å²) in [5, 5.41) is 10.1. The van der Waals surface area contributed by atoms with E-state index in [2.05, 4.69) is 49.9 Å². The van der Waals surface area contributed by atoms with Crippen LogP contribution in [-0.4, -0.2) is 195 Å². The zero-order valence-corrected chi connectivity index (χ0v) is 54.9. The van der Waals surface area contributed by atoms with E-state index in [1.54, 1.807) is 100 Å². The monoisotopic (exact) mass is 1360 g/mol. The Labute approximate surface area is 536 Å². The van der Waals surface area contributed by atoms with E-state index < -0.39 is 68.2 Å². The lowest BCUT2D eigenvalue weighted by molar-refractivity contribution is -0.121. The number of rotatable bonds is 6. The van der Waals surface area contributed by atoms with Crippen LogP contribution in [-0.2, 0) is 87.6 Å². The van der Waals surface area contributed by atoms with Crippen LogP contribution in [0, 0.1) is 0 Å². The minimum Gasteiger partial charge on any atom is -0.392 e. The fraction of sp³-hybridized carbons (Fsp3) is 0.475. The number of aliphatic hydroxyl groups excluding tert-OH is 1. The smallest absolute Gasteiger partial charge is 0.261 e. The quantitative estimate of drug-likeness (QED) is 0.247. The van der Waals surface area contributed by atoms with Gasteiger partial charge in [-0.1, -0.05) is 6.42 Å². The highest BCUT2D eigenvalue weighted by Crippen LogP contribution is 2.33. The van der Waals surface area contributed by atoms with E-state index in [4.69, 9.17) is 5.73 Å². The zero-order valence-electron chi connectivity index (χ0n) is 50.8. The molecule has 28 nitrogen and oxygen atoms in total. The Bertz CT molecular complexity index is 4300. The molecule has 5 saturated heterocycles. The maximum absolute atomic E-state index is 12.8. The van der Waals surface area contributed by atoms with Crippen molar-refractivity contribution >= 4 is 81.2 Å². The van der Waals surface area contributed by atoms with Crippen molar-refractivity contribution in [1.29, 1.82) is 0 Å². The molecule has 92 heavy (non-hydrogen) atoms. The van der Waals surface area contributed by atoms with E-state index in [0.717, 1.165) is 66.3 Å². The van der Waals surface area contributed by atoms with E-state index in [-0.39, 0.29) is 50.4 Å². The minimum absolute atomic E-state index is 0.00579. The van der Waals surface area contributed by atoms with Gasteiger partial charge < -0.3 is 10.8 Å². The maximum Gasteiger partial charge on any atom is 0.261 e. The SMILES string of the molecule is CC1CCC(C)N1S(=O)(=O)C1=NCc2ncccc21.NC(=O)[C@@H]1CCCN1S(=O)(=O)C1=NCc2ncccc21.O=S(=O)(C1=NCc2ncccc21)N1CCC(O)C1.O=S(=O)(C1=NCc2ncccc21)N1CCCC1.O=S(=O)(C1=NCc2ncccc21)N1CCCCC1. The molecule has 0 spiro atoms. The number of pyridine rings is 5. The van der Waals surface area contributed by atoms with Crippen molar-refractivity contribution in [3.8, 4) is 0 Å². The Hall–Kier alpha value is -6.92. The molecular weight excluding hydrogens is 1290 g/mol. The van der Waals surface area contributed by atoms with Crippen molar-refractivity contribution in [3.05, 3.63) is 148 Å². The van der Waals surface area contributed by atoms with Crippen molar-refractivity contribution in [2.24, 2.45) is 30.7 Å². The number of aliphatic hydroxyl groups is 1. The van der Waals surface area contributed by atoms with Crippen LogP contribution >= 0.6 is 0 Å². The lowest BCUT2D eigenvalue weighted by Gasteiger charge is -2.25. The third-order valence-corrected chi connectivity index (χ3v) is 26.8. The van der Waals surface area contributed by atoms with Crippen LogP contribution in [0.3, 0.4) is 0 Å². The summed E-state index contributed by atoms with van der Waals surface area (Å²) in [6, 6.07) is 16.7. The predicted molar refractivity (Wildman–Crippen MR) is 344 cm³/mol. The van der Waals surface area contributed by atoms with Crippen LogP contribution in [0.5, 0.6) is 0 Å². The van der Waals surface area contributed by atoms with E-state index in [0.29, 0.717) is 124 Å². The van der Waals surface area contributed by atoms with Gasteiger partial charge in [0.2, 0.25) is 5.91 Å². The number of primary amides is 1. The van der Waals surface area contributed by atoms with Crippen LogP contribution in [0.4, 0.5) is 0 Å². The number of piperidine rings is 1. The van der Waals surface area contributed by atoms with Crippen molar-refractivity contribution in [3.63, 3.8) is 0 Å². The standard InChI is InChI=1S/C13H17N3O2S.C12H14N4O3S.C12H15N3O2S.C11H13N3O3S.C11H13N3O2S/c1-9-5-6-10(2)16(9)19(17,18)13-11-4-3-7-14-12(11)8-15-13;13-11(17)10-4-2-6-16(10)20(18,19)12-8-3-1-5-14-9(8)7-15-12;16-18(17,15-7-2-1-3-8-15)12-10-5-4-6-13-11(10)9-14-12;15-8-3-5-14(7-8)18(16,17)11-9-2-1-4-12-10(9)6-13-11;15-17(16,14-6-1-2-7-14)11-9-4-3-5-12-10(9)8-13-11/h3-4,7,9-10H,5-6,8H2,1-2H3;1,3,5,10H,2,4,6-7H2,(H2,13,17);4-6H,1-3,7-9H2;1-2,4,8,15H,3,5-7H2;3-5H,1-2,6-8H2/t;10-;;;/m.0.../s1. The van der Waals surface area contributed by atoms with Gasteiger partial charge in [0.05, 0.1) is 67.3 Å². The van der Waals surface area contributed by atoms with Gasteiger partial charge in [0.1, 0.15) is 6.04 Å². The summed E-state index contributed by atoms with van der Waals surface area (Å²) in [6.45, 7) is 8.81. The van der Waals surface area contributed by atoms with Crippen molar-refractivity contribution < 1.29 is 52.0 Å². The number of nitrogens with zero attached hydrogens (tertiary/aromatic N) is 15. The molecule has 33 heteroatoms. The molecule has 15 heterocycles. The van der Waals surface area contributed by atoms with E-state index in [9.17, 15) is 52.0 Å². The summed E-state index contributed by atoms with van der Waals surface area (Å²) in [6.07, 6.45) is 15.9. The number of hydrogen-bond acceptors (Lipinski definition) is 22. The van der Waals surface area contributed by atoms with Gasteiger partial charge in [0.15, 0.2) is 25.2 Å². The average molecular weight is 1360 g/mol. The molecule has 1 amide bonds. The first kappa shape index (κ1) is 66.5. The number of nitrogens with two attached hydrogens (primary N) is 1. The highest BCUT2D eigenvalue weighted by atomic mass is 32.2. The second-order valence-corrected chi connectivity index (χ2v) is 32.4. The molecule has 3 unspecified atom stereocenters. The number of hydrogen-bond donors (Lipinski definition) is 2. The Morgan fingerprint density at radius 1 is 0.413 bits per heavy atom. The van der Waals surface area contributed by atoms with Crippen LogP contribution < -0.4 is 5.73 Å². The summed E-state index contributed by atoms with van der Waals surface area (Å²) in [5.74, 6) is -0.615. The molecule has 10 aliphatic heterocycles. The second-order valence-electron chi connectivity index (χ2n) is 23.3. The molecule has 0 bridgehead atoms. The molecule has 5 aromatic heterocycles. The number of amides is 1. The maximum atomic E-state index is 12.8. The summed E-state index contributed by atoms with van der Waals surface area (Å²) in [4.78, 5) is 52.8. The van der Waals surface area contributed by atoms with Gasteiger partial charge in [-0.2, -0.15) is 21.5 Å². The molecule has 5 fully saturated rings. The van der Waals surface area contributed by atoms with Gasteiger partial charge in [0.25, 0.3) is 50.1 Å². The lowest BCUT2D eigenvalue weighted by atomic mass is 10.2.